The first-order chi connectivity index (χ1) is 9.20. The molecule has 2 aliphatic rings. The largest absolute Gasteiger partial charge is 0.492 e. The van der Waals surface area contributed by atoms with Crippen LogP contribution in [0.15, 0.2) is 24.3 Å². The highest BCUT2D eigenvalue weighted by molar-refractivity contribution is 5.88. The van der Waals surface area contributed by atoms with Gasteiger partial charge in [0.15, 0.2) is 0 Å². The van der Waals surface area contributed by atoms with Crippen molar-refractivity contribution in [3.05, 3.63) is 24.3 Å². The monoisotopic (exact) mass is 260 g/mol. The van der Waals surface area contributed by atoms with Gasteiger partial charge in [0.05, 0.1) is 0 Å². The summed E-state index contributed by atoms with van der Waals surface area (Å²) in [4.78, 5) is 13.4. The second kappa shape index (κ2) is 5.21. The Morgan fingerprint density at radius 2 is 2.00 bits per heavy atom. The fourth-order valence-corrected chi connectivity index (χ4v) is 2.81. The molecule has 1 aliphatic carbocycles. The first-order valence-corrected chi connectivity index (χ1v) is 6.93. The molecule has 4 heteroatoms. The molecule has 4 nitrogen and oxygen atoms in total. The maximum absolute atomic E-state index is 10.9. The highest BCUT2D eigenvalue weighted by atomic mass is 16.5. The maximum atomic E-state index is 10.9. The molecule has 1 N–H and O–H groups in total. The molecule has 2 fully saturated rings. The summed E-state index contributed by atoms with van der Waals surface area (Å²) < 4.78 is 5.72. The molecule has 0 bridgehead atoms. The van der Waals surface area contributed by atoms with Crippen molar-refractivity contribution < 1.29 is 9.53 Å². The van der Waals surface area contributed by atoms with Crippen LogP contribution in [-0.4, -0.2) is 37.0 Å². The van der Waals surface area contributed by atoms with Crippen molar-refractivity contribution in [3.63, 3.8) is 0 Å². The van der Waals surface area contributed by atoms with Gasteiger partial charge in [-0.1, -0.05) is 0 Å². The number of ether oxygens (including phenoxy) is 1. The molecule has 19 heavy (non-hydrogen) atoms. The van der Waals surface area contributed by atoms with Gasteiger partial charge in [-0.3, -0.25) is 9.69 Å². The Balaban J connectivity index is 1.41. The number of fused-ring (bicyclic) bond motifs is 1. The van der Waals surface area contributed by atoms with Crippen LogP contribution in [0.1, 0.15) is 13.3 Å². The molecular formula is C15H20N2O2. The number of benzene rings is 1. The Kier molecular flexibility index (Phi) is 3.42. The zero-order valence-corrected chi connectivity index (χ0v) is 11.3. The van der Waals surface area contributed by atoms with Crippen LogP contribution in [0.3, 0.4) is 0 Å². The van der Waals surface area contributed by atoms with E-state index in [1.807, 2.05) is 24.3 Å². The third-order valence-corrected chi connectivity index (χ3v) is 3.91. The Hall–Kier alpha value is -1.55. The standard InChI is InChI=1S/C15H20N2O2/c1-11(18)16-14-2-4-15(5-3-14)19-7-6-17-9-12-8-13(12)10-17/h2-5,12-13H,6-10H2,1H3,(H,16,18)/t12-,13+. The number of carbonyl (C=O) groups is 1. The third-order valence-electron chi connectivity index (χ3n) is 3.91. The molecule has 1 saturated heterocycles. The number of nitrogens with one attached hydrogen (secondary N) is 1. The lowest BCUT2D eigenvalue weighted by Crippen LogP contribution is -2.27. The van der Waals surface area contributed by atoms with Gasteiger partial charge in [-0.25, -0.2) is 0 Å². The summed E-state index contributed by atoms with van der Waals surface area (Å²) in [5, 5.41) is 2.74. The molecule has 0 radical (unpaired) electrons. The summed E-state index contributed by atoms with van der Waals surface area (Å²) in [5.74, 6) is 2.77. The minimum atomic E-state index is -0.0544. The van der Waals surface area contributed by atoms with E-state index in [2.05, 4.69) is 10.2 Å². The molecule has 0 aromatic heterocycles. The summed E-state index contributed by atoms with van der Waals surface area (Å²) in [7, 11) is 0. The van der Waals surface area contributed by atoms with Gasteiger partial charge in [-0.05, 0) is 42.5 Å². The minimum absolute atomic E-state index is 0.0544. The molecule has 1 saturated carbocycles. The molecule has 0 spiro atoms. The number of piperidine rings is 1. The number of hydrogen-bond donors (Lipinski definition) is 1. The predicted molar refractivity (Wildman–Crippen MR) is 74.3 cm³/mol. The molecule has 1 aromatic rings. The van der Waals surface area contributed by atoms with E-state index in [9.17, 15) is 4.79 Å². The van der Waals surface area contributed by atoms with Gasteiger partial charge in [-0.15, -0.1) is 0 Å². The highest BCUT2D eigenvalue weighted by Crippen LogP contribution is 2.44. The fourth-order valence-electron chi connectivity index (χ4n) is 2.81. The number of nitrogens with zero attached hydrogens (tertiary/aromatic N) is 1. The van der Waals surface area contributed by atoms with E-state index in [1.54, 1.807) is 0 Å². The maximum Gasteiger partial charge on any atom is 0.221 e. The van der Waals surface area contributed by atoms with Crippen LogP contribution < -0.4 is 10.1 Å². The van der Waals surface area contributed by atoms with Gasteiger partial charge in [0.1, 0.15) is 12.4 Å². The number of carbonyl (C=O) groups excluding carboxylic acids is 1. The number of anilines is 1. The zero-order valence-electron chi connectivity index (χ0n) is 11.3. The predicted octanol–water partition coefficient (Wildman–Crippen LogP) is 1.98. The lowest BCUT2D eigenvalue weighted by Gasteiger charge is -2.17. The van der Waals surface area contributed by atoms with Crippen molar-refractivity contribution in [2.45, 2.75) is 13.3 Å². The smallest absolute Gasteiger partial charge is 0.221 e. The molecule has 1 aromatic carbocycles. The van der Waals surface area contributed by atoms with E-state index in [0.29, 0.717) is 0 Å². The van der Waals surface area contributed by atoms with Gasteiger partial charge in [0.2, 0.25) is 5.91 Å². The van der Waals surface area contributed by atoms with Crippen molar-refractivity contribution >= 4 is 11.6 Å². The Morgan fingerprint density at radius 1 is 1.32 bits per heavy atom. The van der Waals surface area contributed by atoms with Crippen LogP contribution in [-0.2, 0) is 4.79 Å². The fraction of sp³-hybridized carbons (Fsp3) is 0.533. The first-order valence-electron chi connectivity index (χ1n) is 6.93. The molecule has 3 rings (SSSR count). The van der Waals surface area contributed by atoms with Crippen LogP contribution in [0, 0.1) is 11.8 Å². The Bertz CT molecular complexity index is 448. The molecule has 1 amide bonds. The SMILES string of the molecule is CC(=O)Nc1ccc(OCCN2C[C@H]3C[C@H]3C2)cc1. The molecule has 1 aliphatic heterocycles. The van der Waals surface area contributed by atoms with Crippen LogP contribution in [0.4, 0.5) is 5.69 Å². The normalized spacial score (nSPS) is 24.9. The summed E-state index contributed by atoms with van der Waals surface area (Å²) in [6.07, 6.45) is 1.45. The van der Waals surface area contributed by atoms with Crippen LogP contribution in [0.25, 0.3) is 0 Å². The number of hydrogen-bond acceptors (Lipinski definition) is 3. The molecule has 0 unspecified atom stereocenters. The van der Waals surface area contributed by atoms with Crippen molar-refractivity contribution in [3.8, 4) is 5.75 Å². The van der Waals surface area contributed by atoms with Gasteiger partial charge in [-0.2, -0.15) is 0 Å². The van der Waals surface area contributed by atoms with Crippen LogP contribution >= 0.6 is 0 Å². The van der Waals surface area contributed by atoms with Gasteiger partial charge in [0.25, 0.3) is 0 Å². The summed E-state index contributed by atoms with van der Waals surface area (Å²) >= 11 is 0. The van der Waals surface area contributed by atoms with E-state index in [-0.39, 0.29) is 5.91 Å². The van der Waals surface area contributed by atoms with Gasteiger partial charge in [0, 0.05) is 32.2 Å². The van der Waals surface area contributed by atoms with E-state index in [0.717, 1.165) is 36.4 Å². The van der Waals surface area contributed by atoms with E-state index in [4.69, 9.17) is 4.74 Å². The lowest BCUT2D eigenvalue weighted by molar-refractivity contribution is -0.114. The quantitative estimate of drug-likeness (QED) is 0.880. The summed E-state index contributed by atoms with van der Waals surface area (Å²) in [6, 6.07) is 7.52. The highest BCUT2D eigenvalue weighted by Gasteiger charge is 2.44. The molecule has 102 valence electrons. The third kappa shape index (κ3) is 3.26. The average molecular weight is 260 g/mol. The van der Waals surface area contributed by atoms with Crippen molar-refractivity contribution in [1.82, 2.24) is 4.90 Å². The van der Waals surface area contributed by atoms with Crippen LogP contribution in [0.2, 0.25) is 0 Å². The van der Waals surface area contributed by atoms with E-state index < -0.39 is 0 Å². The van der Waals surface area contributed by atoms with Gasteiger partial charge >= 0.3 is 0 Å². The van der Waals surface area contributed by atoms with E-state index >= 15 is 0 Å². The number of rotatable bonds is 5. The first kappa shape index (κ1) is 12.5. The van der Waals surface area contributed by atoms with Crippen LogP contribution in [0.5, 0.6) is 5.75 Å². The van der Waals surface area contributed by atoms with Gasteiger partial charge < -0.3 is 10.1 Å². The molecule has 1 heterocycles. The van der Waals surface area contributed by atoms with E-state index in [1.165, 1.54) is 26.4 Å². The van der Waals surface area contributed by atoms with Crippen molar-refractivity contribution in [2.75, 3.05) is 31.6 Å². The Morgan fingerprint density at radius 3 is 2.63 bits per heavy atom. The average Bonchev–Trinajstić information content (AvgIpc) is 2.98. The van der Waals surface area contributed by atoms with Crippen molar-refractivity contribution in [1.29, 1.82) is 0 Å². The summed E-state index contributed by atoms with van der Waals surface area (Å²) in [6.45, 7) is 5.77. The van der Waals surface area contributed by atoms with Crippen molar-refractivity contribution in [2.24, 2.45) is 11.8 Å². The Labute approximate surface area is 113 Å². The topological polar surface area (TPSA) is 41.6 Å². The number of amides is 1. The molecule has 2 atom stereocenters. The second-order valence-corrected chi connectivity index (χ2v) is 5.57. The second-order valence-electron chi connectivity index (χ2n) is 5.57. The number of likely N-dealkylation sites (tertiary alicyclic amines) is 1. The molecular weight excluding hydrogens is 240 g/mol. The summed E-state index contributed by atoms with van der Waals surface area (Å²) in [5.41, 5.74) is 0.805. The zero-order chi connectivity index (χ0) is 13.2. The lowest BCUT2D eigenvalue weighted by atomic mass is 10.3. The minimum Gasteiger partial charge on any atom is -0.492 e.